The summed E-state index contributed by atoms with van der Waals surface area (Å²) in [5.41, 5.74) is 18.0. The molecule has 0 bridgehead atoms. The van der Waals surface area contributed by atoms with Gasteiger partial charge in [-0.3, -0.25) is 19.4 Å². The van der Waals surface area contributed by atoms with Crippen LogP contribution in [0.1, 0.15) is 25.3 Å². The molecule has 3 amide bonds. The fourth-order valence-electron chi connectivity index (χ4n) is 3.52. The number of aliphatic carboxylic acids is 1. The molecule has 1 aromatic heterocycles. The number of H-pyrrole nitrogens is 1. The smallest absolute Gasteiger partial charge is 0.327 e. The molecule has 2 rings (SSSR count). The summed E-state index contributed by atoms with van der Waals surface area (Å²) in [5, 5.41) is 17.7. The number of carbonyl (C=O) groups excluding carboxylic acids is 3. The maximum atomic E-state index is 13.0. The topological polar surface area (TPSA) is 231 Å². The number of para-hydroxylation sites is 1. The molecule has 11 N–H and O–H groups in total. The van der Waals surface area contributed by atoms with Gasteiger partial charge in [-0.2, -0.15) is 12.6 Å². The molecule has 4 unspecified atom stereocenters. The summed E-state index contributed by atoms with van der Waals surface area (Å²) in [4.78, 5) is 56.6. The Kier molecular flexibility index (Phi) is 11.2. The second-order valence-corrected chi connectivity index (χ2v) is 8.86. The highest BCUT2D eigenvalue weighted by atomic mass is 32.1. The molecule has 0 aliphatic heterocycles. The Morgan fingerprint density at radius 3 is 2.38 bits per heavy atom. The van der Waals surface area contributed by atoms with Gasteiger partial charge in [0.25, 0.3) is 0 Å². The lowest BCUT2D eigenvalue weighted by atomic mass is 10.0. The summed E-state index contributed by atoms with van der Waals surface area (Å²) in [6.45, 7) is 1.77. The van der Waals surface area contributed by atoms with E-state index in [2.05, 4.69) is 38.6 Å². The van der Waals surface area contributed by atoms with Gasteiger partial charge in [-0.15, -0.1) is 0 Å². The number of nitrogens with one attached hydrogen (secondary N) is 4. The summed E-state index contributed by atoms with van der Waals surface area (Å²) in [6.07, 6.45) is 2.56. The first-order chi connectivity index (χ1) is 17.5. The Labute approximate surface area is 219 Å². The number of hydrogen-bond acceptors (Lipinski definition) is 7. The molecule has 0 fully saturated rings. The zero-order valence-electron chi connectivity index (χ0n) is 20.4. The van der Waals surface area contributed by atoms with Crippen molar-refractivity contribution in [3.63, 3.8) is 0 Å². The van der Waals surface area contributed by atoms with Crippen LogP contribution in [0, 0.1) is 0 Å². The van der Waals surface area contributed by atoms with Gasteiger partial charge in [0.2, 0.25) is 17.7 Å². The number of aromatic nitrogens is 1. The number of carboxylic acids is 1. The van der Waals surface area contributed by atoms with E-state index < -0.39 is 47.9 Å². The highest BCUT2D eigenvalue weighted by Gasteiger charge is 2.29. The predicted molar refractivity (Wildman–Crippen MR) is 143 cm³/mol. The third-order valence-corrected chi connectivity index (χ3v) is 5.95. The number of nitrogens with zero attached hydrogens (tertiary/aromatic N) is 1. The molecule has 1 aromatic carbocycles. The minimum absolute atomic E-state index is 0.0569. The van der Waals surface area contributed by atoms with Crippen molar-refractivity contribution < 1.29 is 24.3 Å². The highest BCUT2D eigenvalue weighted by molar-refractivity contribution is 7.80. The number of aromatic amines is 1. The second kappa shape index (κ2) is 14.1. The van der Waals surface area contributed by atoms with E-state index in [1.165, 1.54) is 6.92 Å². The number of hydrogen-bond donors (Lipinski definition) is 9. The molecule has 13 nitrogen and oxygen atoms in total. The van der Waals surface area contributed by atoms with Crippen LogP contribution in [-0.4, -0.2) is 76.2 Å². The number of benzene rings is 1. The number of carbonyl (C=O) groups is 4. The molecule has 0 radical (unpaired) electrons. The zero-order valence-corrected chi connectivity index (χ0v) is 21.3. The van der Waals surface area contributed by atoms with Gasteiger partial charge in [0.15, 0.2) is 5.96 Å². The van der Waals surface area contributed by atoms with E-state index in [1.54, 1.807) is 6.20 Å². The van der Waals surface area contributed by atoms with Crippen LogP contribution in [0.25, 0.3) is 10.9 Å². The van der Waals surface area contributed by atoms with Gasteiger partial charge in [-0.25, -0.2) is 4.79 Å². The monoisotopic (exact) mass is 534 g/mol. The Morgan fingerprint density at radius 1 is 1.05 bits per heavy atom. The molecule has 2 aromatic rings. The summed E-state index contributed by atoms with van der Waals surface area (Å²) >= 11 is 3.97. The molecule has 0 saturated carbocycles. The first kappa shape index (κ1) is 29.5. The van der Waals surface area contributed by atoms with E-state index in [9.17, 15) is 24.3 Å². The molecule has 202 valence electrons. The van der Waals surface area contributed by atoms with Crippen LogP contribution in [0.4, 0.5) is 0 Å². The molecule has 0 spiro atoms. The average Bonchev–Trinajstić information content (AvgIpc) is 3.26. The largest absolute Gasteiger partial charge is 0.480 e. The van der Waals surface area contributed by atoms with Crippen molar-refractivity contribution in [2.75, 3.05) is 12.3 Å². The van der Waals surface area contributed by atoms with Gasteiger partial charge >= 0.3 is 5.97 Å². The molecule has 14 heteroatoms. The summed E-state index contributed by atoms with van der Waals surface area (Å²) in [5.74, 6) is -3.34. The molecule has 0 aliphatic rings. The standard InChI is InChI=1S/C23H34N8O5S/c1-12(29-20(33)15(24)6-4-8-27-23(25)26)19(32)30-17(21(34)31-18(11-37)22(35)36)9-13-10-28-16-7-3-2-5-14(13)16/h2-3,5,7,10,12,15,17-18,28,37H,4,6,8-9,11,24H2,1H3,(H,29,33)(H,30,32)(H,31,34)(H,35,36)(H4,25,26,27). The predicted octanol–water partition coefficient (Wildman–Crippen LogP) is -1.42. The molecule has 37 heavy (non-hydrogen) atoms. The van der Waals surface area contributed by atoms with E-state index in [1.807, 2.05) is 24.3 Å². The number of fused-ring (bicyclic) bond motifs is 1. The molecule has 1 heterocycles. The number of rotatable bonds is 14. The van der Waals surface area contributed by atoms with Crippen molar-refractivity contribution in [1.82, 2.24) is 20.9 Å². The van der Waals surface area contributed by atoms with Crippen molar-refractivity contribution in [3.8, 4) is 0 Å². The lowest BCUT2D eigenvalue weighted by Crippen LogP contribution is -2.57. The van der Waals surface area contributed by atoms with E-state index in [0.29, 0.717) is 19.4 Å². The molecule has 4 atom stereocenters. The van der Waals surface area contributed by atoms with Crippen LogP contribution in [0.15, 0.2) is 35.5 Å². The van der Waals surface area contributed by atoms with Gasteiger partial charge in [0.1, 0.15) is 18.1 Å². The normalized spacial score (nSPS) is 14.1. The molecule has 0 saturated heterocycles. The van der Waals surface area contributed by atoms with Crippen molar-refractivity contribution in [2.45, 2.75) is 50.4 Å². The quantitative estimate of drug-likeness (QED) is 0.0602. The summed E-state index contributed by atoms with van der Waals surface area (Å²) < 4.78 is 0. The number of carboxylic acid groups (broad SMARTS) is 1. The third kappa shape index (κ3) is 8.99. The summed E-state index contributed by atoms with van der Waals surface area (Å²) in [6, 6.07) is 3.15. The number of thiol groups is 1. The van der Waals surface area contributed by atoms with Gasteiger partial charge in [0, 0.05) is 35.8 Å². The van der Waals surface area contributed by atoms with Crippen LogP contribution in [0.5, 0.6) is 0 Å². The Hall–Kier alpha value is -3.78. The Bertz CT molecular complexity index is 1130. The van der Waals surface area contributed by atoms with Crippen LogP contribution >= 0.6 is 12.6 Å². The first-order valence-corrected chi connectivity index (χ1v) is 12.3. The Morgan fingerprint density at radius 2 is 1.73 bits per heavy atom. The second-order valence-electron chi connectivity index (χ2n) is 8.49. The van der Waals surface area contributed by atoms with Crippen LogP contribution in [-0.2, 0) is 25.6 Å². The minimum Gasteiger partial charge on any atom is -0.480 e. The van der Waals surface area contributed by atoms with Gasteiger partial charge < -0.3 is 43.2 Å². The number of amides is 3. The molecule has 0 aliphatic carbocycles. The SMILES string of the molecule is CC(NC(=O)C(N)CCCN=C(N)N)C(=O)NC(Cc1c[nH]c2ccccc12)C(=O)NC(CS)C(=O)O. The third-order valence-electron chi connectivity index (χ3n) is 5.59. The number of nitrogens with two attached hydrogens (primary N) is 3. The highest BCUT2D eigenvalue weighted by Crippen LogP contribution is 2.19. The van der Waals surface area contributed by atoms with Crippen molar-refractivity contribution in [1.29, 1.82) is 0 Å². The fourth-order valence-corrected chi connectivity index (χ4v) is 3.77. The van der Waals surface area contributed by atoms with Crippen LogP contribution in [0.3, 0.4) is 0 Å². The average molecular weight is 535 g/mol. The fraction of sp³-hybridized carbons (Fsp3) is 0.435. The first-order valence-electron chi connectivity index (χ1n) is 11.6. The Balaban J connectivity index is 2.09. The van der Waals surface area contributed by atoms with E-state index in [-0.39, 0.29) is 18.1 Å². The molecular weight excluding hydrogens is 500 g/mol. The summed E-state index contributed by atoms with van der Waals surface area (Å²) in [7, 11) is 0. The van der Waals surface area contributed by atoms with Gasteiger partial charge in [-0.05, 0) is 31.4 Å². The van der Waals surface area contributed by atoms with Crippen LogP contribution < -0.4 is 33.2 Å². The van der Waals surface area contributed by atoms with Crippen LogP contribution in [0.2, 0.25) is 0 Å². The van der Waals surface area contributed by atoms with E-state index >= 15 is 0 Å². The minimum atomic E-state index is -1.25. The van der Waals surface area contributed by atoms with Crippen molar-refractivity contribution in [3.05, 3.63) is 36.0 Å². The van der Waals surface area contributed by atoms with Gasteiger partial charge in [-0.1, -0.05) is 18.2 Å². The lowest BCUT2D eigenvalue weighted by molar-refractivity contribution is -0.141. The van der Waals surface area contributed by atoms with E-state index in [4.69, 9.17) is 17.2 Å². The lowest BCUT2D eigenvalue weighted by Gasteiger charge is -2.23. The van der Waals surface area contributed by atoms with Crippen molar-refractivity contribution in [2.24, 2.45) is 22.2 Å². The maximum Gasteiger partial charge on any atom is 0.327 e. The number of guanidine groups is 1. The zero-order chi connectivity index (χ0) is 27.5. The molecular formula is C23H34N8O5S. The maximum absolute atomic E-state index is 13.0. The van der Waals surface area contributed by atoms with E-state index in [0.717, 1.165) is 16.5 Å². The van der Waals surface area contributed by atoms with Gasteiger partial charge in [0.05, 0.1) is 6.04 Å². The number of aliphatic imine (C=N–C) groups is 1. The van der Waals surface area contributed by atoms with Crippen molar-refractivity contribution >= 4 is 53.2 Å².